The molecule has 116 valence electrons. The van der Waals surface area contributed by atoms with Crippen LogP contribution >= 0.6 is 15.9 Å². The van der Waals surface area contributed by atoms with E-state index in [4.69, 9.17) is 9.84 Å². The number of amides is 1. The molecule has 1 aromatic carbocycles. The number of benzene rings is 1. The second kappa shape index (κ2) is 6.33. The van der Waals surface area contributed by atoms with E-state index in [1.54, 1.807) is 0 Å². The third-order valence-corrected chi connectivity index (χ3v) is 3.84. The second-order valence-electron chi connectivity index (χ2n) is 4.62. The Bertz CT molecular complexity index is 536. The summed E-state index contributed by atoms with van der Waals surface area (Å²) in [5, 5.41) is 9.03. The van der Waals surface area contributed by atoms with Gasteiger partial charge in [-0.1, -0.05) is 15.9 Å². The van der Waals surface area contributed by atoms with Gasteiger partial charge in [-0.05, 0) is 18.2 Å². The van der Waals surface area contributed by atoms with Crippen molar-refractivity contribution >= 4 is 21.8 Å². The molecular weight excluding hydrogens is 355 g/mol. The predicted octanol–water partition coefficient (Wildman–Crippen LogP) is 2.30. The zero-order valence-electron chi connectivity index (χ0n) is 10.9. The van der Waals surface area contributed by atoms with Crippen LogP contribution in [0.25, 0.3) is 0 Å². The van der Waals surface area contributed by atoms with Crippen LogP contribution < -0.4 is 0 Å². The number of carbonyl (C=O) groups excluding carboxylic acids is 1. The van der Waals surface area contributed by atoms with Crippen molar-refractivity contribution in [1.29, 1.82) is 0 Å². The summed E-state index contributed by atoms with van der Waals surface area (Å²) in [6, 6.07) is 3.38. The lowest BCUT2D eigenvalue weighted by Crippen LogP contribution is -2.46. The van der Waals surface area contributed by atoms with Gasteiger partial charge in [0, 0.05) is 23.1 Å². The van der Waals surface area contributed by atoms with Gasteiger partial charge in [0.1, 0.15) is 0 Å². The highest BCUT2D eigenvalue weighted by molar-refractivity contribution is 9.10. The summed E-state index contributed by atoms with van der Waals surface area (Å²) in [5.41, 5.74) is -0.926. The van der Waals surface area contributed by atoms with Crippen LogP contribution in [0.3, 0.4) is 0 Å². The van der Waals surface area contributed by atoms with E-state index in [0.717, 1.165) is 6.07 Å². The number of halogens is 4. The highest BCUT2D eigenvalue weighted by Crippen LogP contribution is 2.35. The summed E-state index contributed by atoms with van der Waals surface area (Å²) >= 11 is 2.83. The maximum Gasteiger partial charge on any atom is 0.417 e. The lowest BCUT2D eigenvalue weighted by molar-refractivity contribution is -0.138. The maximum atomic E-state index is 12.8. The van der Waals surface area contributed by atoms with Crippen LogP contribution in [0.2, 0.25) is 0 Å². The second-order valence-corrected chi connectivity index (χ2v) is 5.47. The van der Waals surface area contributed by atoms with E-state index >= 15 is 0 Å². The Labute approximate surface area is 127 Å². The van der Waals surface area contributed by atoms with Gasteiger partial charge in [0.05, 0.1) is 24.9 Å². The summed E-state index contributed by atoms with van der Waals surface area (Å²) in [7, 11) is 0. The minimum Gasteiger partial charge on any atom is -0.394 e. The first-order valence-corrected chi connectivity index (χ1v) is 7.00. The molecule has 21 heavy (non-hydrogen) atoms. The number of hydrogen-bond acceptors (Lipinski definition) is 3. The molecule has 1 saturated heterocycles. The largest absolute Gasteiger partial charge is 0.417 e. The number of nitrogens with zero attached hydrogens (tertiary/aromatic N) is 1. The molecule has 1 aliphatic rings. The molecule has 1 aliphatic heterocycles. The van der Waals surface area contributed by atoms with Crippen LogP contribution in [-0.4, -0.2) is 48.3 Å². The third kappa shape index (κ3) is 3.75. The van der Waals surface area contributed by atoms with Crippen molar-refractivity contribution in [1.82, 2.24) is 4.90 Å². The Morgan fingerprint density at radius 2 is 2.19 bits per heavy atom. The topological polar surface area (TPSA) is 49.8 Å². The van der Waals surface area contributed by atoms with Crippen LogP contribution in [-0.2, 0) is 10.9 Å². The molecule has 1 heterocycles. The van der Waals surface area contributed by atoms with Crippen molar-refractivity contribution in [2.24, 2.45) is 0 Å². The Hall–Kier alpha value is -1.12. The number of hydrogen-bond donors (Lipinski definition) is 1. The molecular formula is C13H13BrF3NO3. The molecule has 0 saturated carbocycles. The van der Waals surface area contributed by atoms with Crippen molar-refractivity contribution in [2.75, 3.05) is 26.3 Å². The van der Waals surface area contributed by atoms with Crippen molar-refractivity contribution in [3.63, 3.8) is 0 Å². The van der Waals surface area contributed by atoms with Gasteiger partial charge < -0.3 is 14.7 Å². The molecule has 1 N–H and O–H groups in total. The normalized spacial score (nSPS) is 19.7. The molecule has 1 fully saturated rings. The standard InChI is InChI=1S/C13H13BrF3NO3/c14-11-2-1-8(5-10(11)13(15,16)17)12(20)18-3-4-21-9(6-18)7-19/h1-2,5,9,19H,3-4,6-7H2. The van der Waals surface area contributed by atoms with Crippen molar-refractivity contribution < 1.29 is 27.8 Å². The van der Waals surface area contributed by atoms with Gasteiger partial charge >= 0.3 is 6.18 Å². The van der Waals surface area contributed by atoms with Crippen LogP contribution in [0, 0.1) is 0 Å². The molecule has 8 heteroatoms. The van der Waals surface area contributed by atoms with Gasteiger partial charge in [-0.3, -0.25) is 4.79 Å². The summed E-state index contributed by atoms with van der Waals surface area (Å²) in [6.45, 7) is 0.455. The Kier molecular flexibility index (Phi) is 4.90. The molecule has 1 amide bonds. The molecule has 0 bridgehead atoms. The highest BCUT2D eigenvalue weighted by Gasteiger charge is 2.34. The summed E-state index contributed by atoms with van der Waals surface area (Å²) < 4.78 is 43.6. The molecule has 0 spiro atoms. The van der Waals surface area contributed by atoms with E-state index in [1.165, 1.54) is 17.0 Å². The average molecular weight is 368 g/mol. The fourth-order valence-corrected chi connectivity index (χ4v) is 2.54. The molecule has 1 aromatic rings. The molecule has 1 unspecified atom stereocenters. The monoisotopic (exact) mass is 367 g/mol. The van der Waals surface area contributed by atoms with Gasteiger partial charge in [0.2, 0.25) is 0 Å². The van der Waals surface area contributed by atoms with Gasteiger partial charge in [0.15, 0.2) is 0 Å². The number of aliphatic hydroxyl groups is 1. The van der Waals surface area contributed by atoms with E-state index in [0.29, 0.717) is 0 Å². The lowest BCUT2D eigenvalue weighted by Gasteiger charge is -2.32. The summed E-state index contributed by atoms with van der Waals surface area (Å²) in [4.78, 5) is 13.6. The third-order valence-electron chi connectivity index (χ3n) is 3.15. The summed E-state index contributed by atoms with van der Waals surface area (Å²) in [5.74, 6) is -0.505. The van der Waals surface area contributed by atoms with Crippen LogP contribution in [0.1, 0.15) is 15.9 Å². The zero-order valence-corrected chi connectivity index (χ0v) is 12.4. The smallest absolute Gasteiger partial charge is 0.394 e. The fourth-order valence-electron chi connectivity index (χ4n) is 2.07. The van der Waals surface area contributed by atoms with Crippen molar-refractivity contribution in [3.8, 4) is 0 Å². The van der Waals surface area contributed by atoms with Crippen molar-refractivity contribution in [3.05, 3.63) is 33.8 Å². The number of alkyl halides is 3. The highest BCUT2D eigenvalue weighted by atomic mass is 79.9. The van der Waals surface area contributed by atoms with E-state index in [1.807, 2.05) is 0 Å². The van der Waals surface area contributed by atoms with E-state index < -0.39 is 23.8 Å². The molecule has 4 nitrogen and oxygen atoms in total. The predicted molar refractivity (Wildman–Crippen MR) is 71.9 cm³/mol. The SMILES string of the molecule is O=C(c1ccc(Br)c(C(F)(F)F)c1)N1CCOC(CO)C1. The minimum atomic E-state index is -4.53. The van der Waals surface area contributed by atoms with Gasteiger partial charge in [0.25, 0.3) is 5.91 Å². The Morgan fingerprint density at radius 1 is 1.48 bits per heavy atom. The van der Waals surface area contributed by atoms with E-state index in [-0.39, 0.29) is 36.3 Å². The lowest BCUT2D eigenvalue weighted by atomic mass is 10.1. The number of morpholine rings is 1. The molecule has 2 rings (SSSR count). The van der Waals surface area contributed by atoms with Gasteiger partial charge in [-0.25, -0.2) is 0 Å². The first-order valence-electron chi connectivity index (χ1n) is 6.21. The van der Waals surface area contributed by atoms with E-state index in [2.05, 4.69) is 15.9 Å². The number of carbonyl (C=O) groups is 1. The average Bonchev–Trinajstić information content (AvgIpc) is 2.46. The first-order chi connectivity index (χ1) is 9.82. The minimum absolute atomic E-state index is 0.0379. The van der Waals surface area contributed by atoms with Crippen LogP contribution in [0.15, 0.2) is 22.7 Å². The molecule has 0 radical (unpaired) electrons. The fraction of sp³-hybridized carbons (Fsp3) is 0.462. The van der Waals surface area contributed by atoms with Crippen molar-refractivity contribution in [2.45, 2.75) is 12.3 Å². The Morgan fingerprint density at radius 3 is 2.81 bits per heavy atom. The zero-order chi connectivity index (χ0) is 15.6. The molecule has 0 aliphatic carbocycles. The van der Waals surface area contributed by atoms with Crippen LogP contribution in [0.5, 0.6) is 0 Å². The van der Waals surface area contributed by atoms with E-state index in [9.17, 15) is 18.0 Å². The quantitative estimate of drug-likeness (QED) is 0.872. The first kappa shape index (κ1) is 16.3. The maximum absolute atomic E-state index is 12.8. The van der Waals surface area contributed by atoms with Gasteiger partial charge in [-0.2, -0.15) is 13.2 Å². The molecule has 0 aromatic heterocycles. The number of rotatable bonds is 2. The molecule has 1 atom stereocenters. The number of aliphatic hydroxyl groups excluding tert-OH is 1. The van der Waals surface area contributed by atoms with Gasteiger partial charge in [-0.15, -0.1) is 0 Å². The summed E-state index contributed by atoms with van der Waals surface area (Å²) in [6.07, 6.45) is -5.03. The number of ether oxygens (including phenoxy) is 1. The van der Waals surface area contributed by atoms with Crippen LogP contribution in [0.4, 0.5) is 13.2 Å². The Balaban J connectivity index is 2.23.